The zero-order valence-electron chi connectivity index (χ0n) is 18.0. The highest BCUT2D eigenvalue weighted by Crippen LogP contribution is 2.25. The number of benzene rings is 2. The third kappa shape index (κ3) is 4.80. The minimum absolute atomic E-state index is 0.0574. The molecule has 0 radical (unpaired) electrons. The van der Waals surface area contributed by atoms with Crippen molar-refractivity contribution in [2.75, 3.05) is 11.9 Å². The maximum Gasteiger partial charge on any atom is 0.287 e. The molecule has 2 aromatic carbocycles. The van der Waals surface area contributed by atoms with Crippen LogP contribution in [0.1, 0.15) is 22.6 Å². The Balaban J connectivity index is 1.42. The molecular weight excluding hydrogens is 410 g/mol. The molecule has 0 saturated heterocycles. The third-order valence-corrected chi connectivity index (χ3v) is 4.76. The predicted octanol–water partition coefficient (Wildman–Crippen LogP) is 3.81. The molecule has 0 saturated carbocycles. The lowest BCUT2D eigenvalue weighted by molar-refractivity contribution is -0.118. The Kier molecular flexibility index (Phi) is 5.93. The van der Waals surface area contributed by atoms with Crippen LogP contribution in [0.4, 0.5) is 5.69 Å². The molecule has 8 heteroatoms. The quantitative estimate of drug-likeness (QED) is 0.476. The number of carbonyl (C=O) groups is 1. The minimum atomic E-state index is -0.327. The van der Waals surface area contributed by atoms with Gasteiger partial charge in [-0.3, -0.25) is 9.59 Å². The summed E-state index contributed by atoms with van der Waals surface area (Å²) in [6, 6.07) is 15.9. The van der Waals surface area contributed by atoms with Gasteiger partial charge in [0.15, 0.2) is 12.3 Å². The third-order valence-electron chi connectivity index (χ3n) is 4.76. The molecule has 0 unspecified atom stereocenters. The fourth-order valence-electron chi connectivity index (χ4n) is 3.19. The number of carbonyl (C=O) groups excluding carboxylic acids is 1. The fraction of sp³-hybridized carbons (Fsp3) is 0.208. The van der Waals surface area contributed by atoms with Crippen molar-refractivity contribution in [3.05, 3.63) is 87.5 Å². The van der Waals surface area contributed by atoms with Gasteiger partial charge < -0.3 is 19.3 Å². The van der Waals surface area contributed by atoms with Gasteiger partial charge in [0, 0.05) is 12.1 Å². The van der Waals surface area contributed by atoms with E-state index in [9.17, 15) is 9.59 Å². The van der Waals surface area contributed by atoms with Crippen molar-refractivity contribution in [1.82, 2.24) is 9.56 Å². The van der Waals surface area contributed by atoms with E-state index in [0.29, 0.717) is 34.3 Å². The van der Waals surface area contributed by atoms with E-state index in [1.165, 1.54) is 6.07 Å². The number of rotatable bonds is 7. The molecule has 4 aromatic rings. The summed E-state index contributed by atoms with van der Waals surface area (Å²) in [6.07, 6.45) is 0. The SMILES string of the molecule is Cc1ccc(C)c(OCC(=O)Nc2ccccc2OCc2cc(=O)n3oc(C)cc3n2)c1. The number of ether oxygens (including phenoxy) is 2. The molecule has 164 valence electrons. The van der Waals surface area contributed by atoms with E-state index in [1.807, 2.05) is 32.0 Å². The van der Waals surface area contributed by atoms with Crippen molar-refractivity contribution in [2.24, 2.45) is 0 Å². The fourth-order valence-corrected chi connectivity index (χ4v) is 3.19. The minimum Gasteiger partial charge on any atom is -0.485 e. The summed E-state index contributed by atoms with van der Waals surface area (Å²) in [5.41, 5.74) is 3.06. The Morgan fingerprint density at radius 2 is 1.84 bits per heavy atom. The van der Waals surface area contributed by atoms with E-state index < -0.39 is 0 Å². The Morgan fingerprint density at radius 1 is 1.03 bits per heavy atom. The highest BCUT2D eigenvalue weighted by Gasteiger charge is 2.11. The zero-order chi connectivity index (χ0) is 22.7. The van der Waals surface area contributed by atoms with Gasteiger partial charge in [-0.2, -0.15) is 0 Å². The van der Waals surface area contributed by atoms with Gasteiger partial charge in [0.2, 0.25) is 0 Å². The van der Waals surface area contributed by atoms with Gasteiger partial charge in [0.1, 0.15) is 23.9 Å². The van der Waals surface area contributed by atoms with E-state index in [1.54, 1.807) is 37.3 Å². The van der Waals surface area contributed by atoms with Gasteiger partial charge in [-0.15, -0.1) is 4.57 Å². The Labute approximate surface area is 184 Å². The van der Waals surface area contributed by atoms with Gasteiger partial charge in [0.25, 0.3) is 11.5 Å². The number of nitrogens with zero attached hydrogens (tertiary/aromatic N) is 2. The predicted molar refractivity (Wildman–Crippen MR) is 119 cm³/mol. The molecule has 2 aromatic heterocycles. The van der Waals surface area contributed by atoms with Crippen LogP contribution in [0.2, 0.25) is 0 Å². The first-order valence-electron chi connectivity index (χ1n) is 10.1. The van der Waals surface area contributed by atoms with Crippen molar-refractivity contribution < 1.29 is 18.8 Å². The molecule has 8 nitrogen and oxygen atoms in total. The van der Waals surface area contributed by atoms with Crippen molar-refractivity contribution in [3.63, 3.8) is 0 Å². The number of anilines is 1. The van der Waals surface area contributed by atoms with Crippen LogP contribution in [0.25, 0.3) is 5.65 Å². The Morgan fingerprint density at radius 3 is 2.69 bits per heavy atom. The normalized spacial score (nSPS) is 10.8. The number of hydrogen-bond donors (Lipinski definition) is 1. The lowest BCUT2D eigenvalue weighted by atomic mass is 10.1. The van der Waals surface area contributed by atoms with Gasteiger partial charge in [-0.25, -0.2) is 4.98 Å². The summed E-state index contributed by atoms with van der Waals surface area (Å²) >= 11 is 0. The molecule has 0 bridgehead atoms. The molecule has 0 fully saturated rings. The smallest absolute Gasteiger partial charge is 0.287 e. The lowest BCUT2D eigenvalue weighted by Crippen LogP contribution is -2.21. The number of fused-ring (bicyclic) bond motifs is 1. The first kappa shape index (κ1) is 21.2. The number of amides is 1. The molecule has 32 heavy (non-hydrogen) atoms. The van der Waals surface area contributed by atoms with E-state index in [2.05, 4.69) is 10.3 Å². The maximum absolute atomic E-state index is 12.4. The molecular formula is C24H23N3O5. The van der Waals surface area contributed by atoms with Crippen LogP contribution < -0.4 is 20.3 Å². The van der Waals surface area contributed by atoms with Crippen molar-refractivity contribution in [1.29, 1.82) is 0 Å². The van der Waals surface area contributed by atoms with Gasteiger partial charge in [0.05, 0.1) is 11.4 Å². The Hall–Kier alpha value is -4.07. The van der Waals surface area contributed by atoms with Crippen LogP contribution in [0.3, 0.4) is 0 Å². The van der Waals surface area contributed by atoms with Crippen LogP contribution in [0, 0.1) is 20.8 Å². The molecule has 1 amide bonds. The summed E-state index contributed by atoms with van der Waals surface area (Å²) in [6.45, 7) is 5.56. The van der Waals surface area contributed by atoms with E-state index in [4.69, 9.17) is 14.0 Å². The molecule has 1 N–H and O–H groups in total. The van der Waals surface area contributed by atoms with Crippen LogP contribution >= 0.6 is 0 Å². The standard InChI is InChI=1S/C24H23N3O5/c1-15-8-9-16(2)21(10-15)31-14-23(28)26-19-6-4-5-7-20(19)30-13-18-12-24(29)27-22(25-18)11-17(3)32-27/h4-12H,13-14H2,1-3H3,(H,26,28). The molecule has 0 aliphatic heterocycles. The van der Waals surface area contributed by atoms with Crippen LogP contribution in [0.15, 0.2) is 63.9 Å². The highest BCUT2D eigenvalue weighted by molar-refractivity contribution is 5.93. The molecule has 2 heterocycles. The van der Waals surface area contributed by atoms with Crippen LogP contribution in [-0.2, 0) is 11.4 Å². The molecule has 0 aliphatic rings. The summed E-state index contributed by atoms with van der Waals surface area (Å²) in [5, 5.41) is 2.81. The van der Waals surface area contributed by atoms with Crippen LogP contribution in [0.5, 0.6) is 11.5 Å². The average Bonchev–Trinajstić information content (AvgIpc) is 3.14. The molecule has 0 atom stereocenters. The number of hydrogen-bond acceptors (Lipinski definition) is 6. The van der Waals surface area contributed by atoms with E-state index in [-0.39, 0.29) is 24.7 Å². The number of para-hydroxylation sites is 2. The highest BCUT2D eigenvalue weighted by atomic mass is 16.5. The van der Waals surface area contributed by atoms with Gasteiger partial charge >= 0.3 is 0 Å². The summed E-state index contributed by atoms with van der Waals surface area (Å²) in [5.74, 6) is 1.40. The first-order chi connectivity index (χ1) is 15.4. The summed E-state index contributed by atoms with van der Waals surface area (Å²) in [4.78, 5) is 29.0. The number of aromatic nitrogens is 2. The van der Waals surface area contributed by atoms with E-state index >= 15 is 0 Å². The molecule has 0 aliphatic carbocycles. The lowest BCUT2D eigenvalue weighted by Gasteiger charge is -2.13. The van der Waals surface area contributed by atoms with E-state index in [0.717, 1.165) is 15.7 Å². The molecule has 4 rings (SSSR count). The monoisotopic (exact) mass is 433 g/mol. The van der Waals surface area contributed by atoms with Gasteiger partial charge in [-0.1, -0.05) is 24.3 Å². The number of nitrogens with one attached hydrogen (secondary N) is 1. The zero-order valence-corrected chi connectivity index (χ0v) is 18.0. The van der Waals surface area contributed by atoms with Crippen molar-refractivity contribution in [2.45, 2.75) is 27.4 Å². The van der Waals surface area contributed by atoms with Crippen molar-refractivity contribution >= 4 is 17.2 Å². The van der Waals surface area contributed by atoms with Crippen LogP contribution in [-0.4, -0.2) is 22.1 Å². The number of aryl methyl sites for hydroxylation is 3. The second-order valence-corrected chi connectivity index (χ2v) is 7.48. The maximum atomic E-state index is 12.4. The second kappa shape index (κ2) is 8.97. The second-order valence-electron chi connectivity index (χ2n) is 7.48. The Bertz CT molecular complexity index is 1340. The topological polar surface area (TPSA) is 95.1 Å². The summed E-state index contributed by atoms with van der Waals surface area (Å²) < 4.78 is 17.9. The van der Waals surface area contributed by atoms with Crippen molar-refractivity contribution in [3.8, 4) is 11.5 Å². The average molecular weight is 433 g/mol. The molecule has 0 spiro atoms. The largest absolute Gasteiger partial charge is 0.485 e. The van der Waals surface area contributed by atoms with Gasteiger partial charge in [-0.05, 0) is 50.1 Å². The first-order valence-corrected chi connectivity index (χ1v) is 10.1. The summed E-state index contributed by atoms with van der Waals surface area (Å²) in [7, 11) is 0.